The Balaban J connectivity index is 2.14. The van der Waals surface area contributed by atoms with Crippen molar-refractivity contribution in [3.05, 3.63) is 53.9 Å². The molecule has 1 heterocycles. The van der Waals surface area contributed by atoms with Gasteiger partial charge in [0.15, 0.2) is 0 Å². The number of aromatic carboxylic acids is 1. The minimum atomic E-state index is -0.950. The summed E-state index contributed by atoms with van der Waals surface area (Å²) in [6.45, 7) is 2.40. The van der Waals surface area contributed by atoms with Crippen molar-refractivity contribution in [2.75, 3.05) is 6.54 Å². The van der Waals surface area contributed by atoms with Crippen LogP contribution in [0.2, 0.25) is 0 Å². The van der Waals surface area contributed by atoms with Crippen LogP contribution in [0.4, 0.5) is 0 Å². The van der Waals surface area contributed by atoms with Gasteiger partial charge in [0.25, 0.3) is 5.91 Å². The summed E-state index contributed by atoms with van der Waals surface area (Å²) in [7, 11) is 0. The smallest absolute Gasteiger partial charge is 0.335 e. The van der Waals surface area contributed by atoms with E-state index in [9.17, 15) is 9.59 Å². The van der Waals surface area contributed by atoms with Gasteiger partial charge in [0, 0.05) is 22.5 Å². The quantitative estimate of drug-likeness (QED) is 0.887. The molecule has 0 saturated carbocycles. The Hall–Kier alpha value is -2.34. The molecule has 0 spiro atoms. The first-order valence-corrected chi connectivity index (χ1v) is 7.17. The lowest BCUT2D eigenvalue weighted by Gasteiger charge is -2.05. The summed E-state index contributed by atoms with van der Waals surface area (Å²) in [5, 5.41) is 11.6. The number of aromatic nitrogens is 1. The van der Waals surface area contributed by atoms with Gasteiger partial charge in [-0.15, -0.1) is 0 Å². The molecule has 2 N–H and O–H groups in total. The molecule has 0 saturated heterocycles. The molecular formula is C15H14N2O3S. The average molecular weight is 302 g/mol. The number of carboxylic acid groups (broad SMARTS) is 1. The number of carbonyl (C=O) groups excluding carboxylic acids is 1. The maximum atomic E-state index is 11.7. The minimum Gasteiger partial charge on any atom is -0.478 e. The lowest BCUT2D eigenvalue weighted by atomic mass is 10.2. The zero-order valence-corrected chi connectivity index (χ0v) is 12.2. The van der Waals surface area contributed by atoms with Crippen molar-refractivity contribution in [3.8, 4) is 0 Å². The largest absolute Gasteiger partial charge is 0.478 e. The highest BCUT2D eigenvalue weighted by Crippen LogP contribution is 2.27. The zero-order chi connectivity index (χ0) is 15.2. The third-order valence-corrected chi connectivity index (χ3v) is 3.64. The van der Waals surface area contributed by atoms with Crippen molar-refractivity contribution in [2.24, 2.45) is 0 Å². The van der Waals surface area contributed by atoms with Crippen LogP contribution < -0.4 is 5.32 Å². The summed E-state index contributed by atoms with van der Waals surface area (Å²) in [5.74, 6) is -1.16. The highest BCUT2D eigenvalue weighted by atomic mass is 32.2. The van der Waals surface area contributed by atoms with Crippen molar-refractivity contribution in [2.45, 2.75) is 16.7 Å². The number of pyridine rings is 1. The molecule has 0 aliphatic rings. The first-order valence-electron chi connectivity index (χ1n) is 6.35. The monoisotopic (exact) mass is 302 g/mol. The number of nitrogens with zero attached hydrogens (tertiary/aromatic N) is 1. The first kappa shape index (κ1) is 15.1. The van der Waals surface area contributed by atoms with E-state index in [4.69, 9.17) is 5.11 Å². The van der Waals surface area contributed by atoms with Crippen LogP contribution in [0.3, 0.4) is 0 Å². The second-order valence-electron chi connectivity index (χ2n) is 4.17. The number of benzene rings is 1. The van der Waals surface area contributed by atoms with Crippen LogP contribution in [0.5, 0.6) is 0 Å². The minimum absolute atomic E-state index is 0.207. The number of carbonyl (C=O) groups is 2. The molecule has 0 atom stereocenters. The van der Waals surface area contributed by atoms with Crippen molar-refractivity contribution in [3.63, 3.8) is 0 Å². The SMILES string of the molecule is CCNC(=O)c1cc(Sc2ccc(C(=O)O)cc2)ccn1. The van der Waals surface area contributed by atoms with E-state index in [-0.39, 0.29) is 11.5 Å². The molecule has 6 heteroatoms. The Morgan fingerprint density at radius 1 is 1.19 bits per heavy atom. The van der Waals surface area contributed by atoms with Gasteiger partial charge < -0.3 is 10.4 Å². The highest BCUT2D eigenvalue weighted by molar-refractivity contribution is 7.99. The Bertz CT molecular complexity index is 656. The average Bonchev–Trinajstić information content (AvgIpc) is 2.48. The van der Waals surface area contributed by atoms with E-state index in [0.717, 1.165) is 9.79 Å². The molecule has 0 aliphatic carbocycles. The van der Waals surface area contributed by atoms with Gasteiger partial charge in [-0.05, 0) is 43.3 Å². The molecule has 108 valence electrons. The number of hydrogen-bond acceptors (Lipinski definition) is 4. The summed E-state index contributed by atoms with van der Waals surface area (Å²) >= 11 is 1.44. The fourth-order valence-corrected chi connectivity index (χ4v) is 2.50. The molecule has 5 nitrogen and oxygen atoms in total. The Kier molecular flexibility index (Phi) is 4.94. The number of rotatable bonds is 5. The van der Waals surface area contributed by atoms with Crippen LogP contribution in [0.25, 0.3) is 0 Å². The Morgan fingerprint density at radius 3 is 2.52 bits per heavy atom. The van der Waals surface area contributed by atoms with Crippen molar-refractivity contribution in [1.82, 2.24) is 10.3 Å². The molecule has 2 aromatic rings. The Morgan fingerprint density at radius 2 is 1.90 bits per heavy atom. The van der Waals surface area contributed by atoms with Crippen LogP contribution in [-0.2, 0) is 0 Å². The molecule has 0 aliphatic heterocycles. The van der Waals surface area contributed by atoms with E-state index < -0.39 is 5.97 Å². The fourth-order valence-electron chi connectivity index (χ4n) is 1.65. The van der Waals surface area contributed by atoms with Crippen molar-refractivity contribution < 1.29 is 14.7 Å². The molecule has 0 fully saturated rings. The summed E-state index contributed by atoms with van der Waals surface area (Å²) in [6.07, 6.45) is 1.58. The van der Waals surface area contributed by atoms with Gasteiger partial charge >= 0.3 is 5.97 Å². The third-order valence-electron chi connectivity index (χ3n) is 2.64. The second-order valence-corrected chi connectivity index (χ2v) is 5.31. The number of amides is 1. The first-order chi connectivity index (χ1) is 10.1. The molecule has 1 amide bonds. The Labute approximate surface area is 126 Å². The van der Waals surface area contributed by atoms with Crippen molar-refractivity contribution in [1.29, 1.82) is 0 Å². The highest BCUT2D eigenvalue weighted by Gasteiger charge is 2.08. The lowest BCUT2D eigenvalue weighted by molar-refractivity contribution is 0.0696. The molecule has 1 aromatic carbocycles. The third kappa shape index (κ3) is 4.06. The fraction of sp³-hybridized carbons (Fsp3) is 0.133. The molecule has 0 bridgehead atoms. The van der Waals surface area contributed by atoms with E-state index in [0.29, 0.717) is 12.2 Å². The van der Waals surface area contributed by atoms with Crippen LogP contribution in [0.15, 0.2) is 52.4 Å². The number of hydrogen-bond donors (Lipinski definition) is 2. The van der Waals surface area contributed by atoms with Gasteiger partial charge in [0.1, 0.15) is 5.69 Å². The van der Waals surface area contributed by atoms with Crippen LogP contribution in [0.1, 0.15) is 27.8 Å². The molecule has 2 rings (SSSR count). The number of carboxylic acids is 1. The summed E-state index contributed by atoms with van der Waals surface area (Å²) in [5.41, 5.74) is 0.612. The lowest BCUT2D eigenvalue weighted by Crippen LogP contribution is -2.23. The van der Waals surface area contributed by atoms with Gasteiger partial charge in [0.05, 0.1) is 5.56 Å². The normalized spacial score (nSPS) is 10.1. The predicted octanol–water partition coefficient (Wildman–Crippen LogP) is 2.68. The molecular weight excluding hydrogens is 288 g/mol. The maximum absolute atomic E-state index is 11.7. The number of nitrogens with one attached hydrogen (secondary N) is 1. The standard InChI is InChI=1S/C15H14N2O3S/c1-2-16-14(18)13-9-12(7-8-17-13)21-11-5-3-10(4-6-11)15(19)20/h3-9H,2H2,1H3,(H,16,18)(H,19,20). The predicted molar refractivity (Wildman–Crippen MR) is 79.8 cm³/mol. The topological polar surface area (TPSA) is 79.3 Å². The summed E-state index contributed by atoms with van der Waals surface area (Å²) < 4.78 is 0. The molecule has 1 aromatic heterocycles. The molecule has 0 unspecified atom stereocenters. The van der Waals surface area contributed by atoms with Crippen LogP contribution >= 0.6 is 11.8 Å². The van der Waals surface area contributed by atoms with Crippen LogP contribution in [-0.4, -0.2) is 28.5 Å². The van der Waals surface area contributed by atoms with E-state index >= 15 is 0 Å². The van der Waals surface area contributed by atoms with Gasteiger partial charge in [-0.25, -0.2) is 4.79 Å². The van der Waals surface area contributed by atoms with Gasteiger partial charge in [-0.2, -0.15) is 0 Å². The van der Waals surface area contributed by atoms with E-state index in [1.165, 1.54) is 11.8 Å². The summed E-state index contributed by atoms with van der Waals surface area (Å²) in [4.78, 5) is 28.3. The van der Waals surface area contributed by atoms with Gasteiger partial charge in [-0.3, -0.25) is 9.78 Å². The van der Waals surface area contributed by atoms with Crippen LogP contribution in [0, 0.1) is 0 Å². The zero-order valence-electron chi connectivity index (χ0n) is 11.4. The van der Waals surface area contributed by atoms with E-state index in [2.05, 4.69) is 10.3 Å². The van der Waals surface area contributed by atoms with E-state index in [1.54, 1.807) is 42.6 Å². The van der Waals surface area contributed by atoms with E-state index in [1.807, 2.05) is 6.92 Å². The van der Waals surface area contributed by atoms with Crippen molar-refractivity contribution >= 4 is 23.6 Å². The van der Waals surface area contributed by atoms with Gasteiger partial charge in [0.2, 0.25) is 0 Å². The summed E-state index contributed by atoms with van der Waals surface area (Å²) in [6, 6.07) is 10.1. The second kappa shape index (κ2) is 6.90. The maximum Gasteiger partial charge on any atom is 0.335 e. The van der Waals surface area contributed by atoms with Gasteiger partial charge in [-0.1, -0.05) is 11.8 Å². The molecule has 0 radical (unpaired) electrons. The molecule has 21 heavy (non-hydrogen) atoms.